The van der Waals surface area contributed by atoms with Gasteiger partial charge < -0.3 is 23.5 Å². The summed E-state index contributed by atoms with van der Waals surface area (Å²) in [5.41, 5.74) is 6.89. The molecule has 0 saturated carbocycles. The molecule has 4 aromatic carbocycles. The first-order valence-electron chi connectivity index (χ1n) is 19.0. The molecule has 0 unspecified atom stereocenters. The van der Waals surface area contributed by atoms with E-state index >= 15 is 0 Å². The van der Waals surface area contributed by atoms with Crippen molar-refractivity contribution in [3.8, 4) is 28.0 Å². The predicted molar refractivity (Wildman–Crippen MR) is 222 cm³/mol. The van der Waals surface area contributed by atoms with E-state index in [1.54, 1.807) is 0 Å². The van der Waals surface area contributed by atoms with Crippen LogP contribution in [0, 0.1) is 0 Å². The molecular weight excluding hydrogens is 751 g/mol. The van der Waals surface area contributed by atoms with Crippen molar-refractivity contribution in [3.05, 3.63) is 120 Å². The summed E-state index contributed by atoms with van der Waals surface area (Å²) in [5, 5.41) is 0. The zero-order chi connectivity index (χ0) is 40.3. The predicted octanol–water partition coefficient (Wildman–Crippen LogP) is 8.15. The molecule has 0 saturated heterocycles. The zero-order valence-electron chi connectivity index (χ0n) is 32.4. The van der Waals surface area contributed by atoms with Crippen LogP contribution in [-0.4, -0.2) is 68.5 Å². The van der Waals surface area contributed by atoms with Crippen molar-refractivity contribution in [2.24, 2.45) is 0 Å². The minimum atomic E-state index is -4.40. The van der Waals surface area contributed by atoms with Crippen LogP contribution in [0.2, 0.25) is 0 Å². The van der Waals surface area contributed by atoms with Crippen LogP contribution < -0.4 is 14.2 Å². The number of hydrogen-bond donors (Lipinski definition) is 1. The summed E-state index contributed by atoms with van der Waals surface area (Å²) in [6.45, 7) is 12.6. The van der Waals surface area contributed by atoms with Crippen LogP contribution in [0.4, 0.5) is 5.69 Å². The molecule has 1 aliphatic heterocycles. The average molecular weight is 802 g/mol. The molecule has 0 amide bonds. The summed E-state index contributed by atoms with van der Waals surface area (Å²) >= 11 is 0. The lowest BCUT2D eigenvalue weighted by molar-refractivity contribution is -0.677. The second kappa shape index (κ2) is 19.4. The maximum absolute atomic E-state index is 11.6. The van der Waals surface area contributed by atoms with Gasteiger partial charge in [-0.2, -0.15) is 13.0 Å². The minimum absolute atomic E-state index is 0.105. The lowest BCUT2D eigenvalue weighted by Gasteiger charge is -2.19. The zero-order valence-corrected chi connectivity index (χ0v) is 34.1. The normalized spacial score (nSPS) is 13.9. The van der Waals surface area contributed by atoms with Crippen molar-refractivity contribution >= 4 is 43.1 Å². The molecule has 56 heavy (non-hydrogen) atoms. The van der Waals surface area contributed by atoms with E-state index in [-0.39, 0.29) is 25.9 Å². The average Bonchev–Trinajstić information content (AvgIpc) is 3.70. The van der Waals surface area contributed by atoms with Gasteiger partial charge in [0.15, 0.2) is 12.3 Å². The largest absolute Gasteiger partial charge is 0.748 e. The Balaban J connectivity index is 0.000000784. The standard InChI is InChI=1S/C37H36N2O8S2.C6H15N/c1-2-27(23-36-38(19-9-21-48(40,41)42)32-25-30(15-17-34(32)46-36)28-11-5-3-6-12-28)24-37-39(20-10-22-49(43,44)45)33-26-31(16-18-35(33)47-37)29-13-7-4-8-14-29;1-4-7(5-2)6-3/h3-8,11-18,23-26H,2,9-10,19-22H2,1H3,(H-,40,41,42,43,44,45);4-6H2,1-3H3. The first-order valence-corrected chi connectivity index (χ1v) is 22.2. The highest BCUT2D eigenvalue weighted by Crippen LogP contribution is 2.42. The quantitative estimate of drug-likeness (QED) is 0.0767. The van der Waals surface area contributed by atoms with Crippen LogP contribution in [0.1, 0.15) is 52.8 Å². The van der Waals surface area contributed by atoms with Crippen molar-refractivity contribution < 1.29 is 39.7 Å². The third kappa shape index (κ3) is 11.6. The number of aromatic nitrogens is 1. The van der Waals surface area contributed by atoms with Gasteiger partial charge in [0.25, 0.3) is 15.6 Å². The lowest BCUT2D eigenvalue weighted by Crippen LogP contribution is -2.36. The molecule has 6 rings (SSSR count). The Kier molecular flexibility index (Phi) is 14.7. The van der Waals surface area contributed by atoms with Gasteiger partial charge in [0.05, 0.1) is 27.6 Å². The first-order chi connectivity index (χ1) is 26.8. The van der Waals surface area contributed by atoms with Crippen molar-refractivity contribution in [2.75, 3.05) is 42.6 Å². The summed E-state index contributed by atoms with van der Waals surface area (Å²) in [7, 11) is -8.56. The number of aryl methyl sites for hydroxylation is 1. The second-order valence-electron chi connectivity index (χ2n) is 13.4. The summed E-state index contributed by atoms with van der Waals surface area (Å²) in [6, 6.07) is 31.4. The Hall–Kier alpha value is -4.79. The fourth-order valence-corrected chi connectivity index (χ4v) is 7.51. The Bertz CT molecular complexity index is 2350. The van der Waals surface area contributed by atoms with E-state index in [0.29, 0.717) is 29.5 Å². The maximum Gasteiger partial charge on any atom is 0.374 e. The molecule has 0 atom stereocenters. The molecule has 298 valence electrons. The number of benzene rings is 4. The lowest BCUT2D eigenvalue weighted by atomic mass is 10.0. The van der Waals surface area contributed by atoms with Gasteiger partial charge in [-0.15, -0.1) is 0 Å². The molecule has 13 heteroatoms. The van der Waals surface area contributed by atoms with Crippen LogP contribution in [0.3, 0.4) is 0 Å². The van der Waals surface area contributed by atoms with Crippen molar-refractivity contribution in [1.82, 2.24) is 4.90 Å². The van der Waals surface area contributed by atoms with Crippen molar-refractivity contribution in [1.29, 1.82) is 0 Å². The summed E-state index contributed by atoms with van der Waals surface area (Å²) < 4.78 is 81.3. The van der Waals surface area contributed by atoms with Gasteiger partial charge in [-0.3, -0.25) is 4.55 Å². The van der Waals surface area contributed by atoms with Gasteiger partial charge >= 0.3 is 5.89 Å². The van der Waals surface area contributed by atoms with Crippen molar-refractivity contribution in [2.45, 2.75) is 53.5 Å². The number of ether oxygens (including phenoxy) is 1. The Labute approximate surface area is 331 Å². The Morgan fingerprint density at radius 1 is 0.786 bits per heavy atom. The summed E-state index contributed by atoms with van der Waals surface area (Å²) in [4.78, 5) is 4.27. The van der Waals surface area contributed by atoms with Gasteiger partial charge in [0.1, 0.15) is 0 Å². The molecule has 5 aromatic rings. The smallest absolute Gasteiger partial charge is 0.374 e. The highest BCUT2D eigenvalue weighted by Gasteiger charge is 2.28. The SMILES string of the molecule is CCC(/C=C1\Oc2ccc(-c3ccccc3)cc2N1CCCS(=O)(=O)O)=C\c1oc2ccc(-c3ccccc3)cc2[n+]1CCCS(=O)(=O)[O-].CCN(CC)CC. The number of oxazole rings is 1. The maximum atomic E-state index is 11.6. The van der Waals surface area contributed by atoms with E-state index in [1.165, 1.54) is 19.6 Å². The molecule has 0 spiro atoms. The minimum Gasteiger partial charge on any atom is -0.748 e. The third-order valence-corrected chi connectivity index (χ3v) is 11.2. The van der Waals surface area contributed by atoms with Crippen LogP contribution in [0.25, 0.3) is 39.4 Å². The molecule has 1 aliphatic rings. The Morgan fingerprint density at radius 2 is 1.39 bits per heavy atom. The second-order valence-corrected chi connectivity index (χ2v) is 16.5. The molecule has 11 nitrogen and oxygen atoms in total. The number of nitrogens with zero attached hydrogens (tertiary/aromatic N) is 3. The van der Waals surface area contributed by atoms with E-state index < -0.39 is 31.7 Å². The number of anilines is 1. The van der Waals surface area contributed by atoms with Crippen LogP contribution in [0.15, 0.2) is 119 Å². The highest BCUT2D eigenvalue weighted by molar-refractivity contribution is 7.85. The number of fused-ring (bicyclic) bond motifs is 2. The Morgan fingerprint density at radius 3 is 1.95 bits per heavy atom. The molecule has 1 N–H and O–H groups in total. The fraction of sp³-hybridized carbons (Fsp3) is 0.326. The highest BCUT2D eigenvalue weighted by atomic mass is 32.2. The van der Waals surface area contributed by atoms with Crippen LogP contribution >= 0.6 is 0 Å². The van der Waals surface area contributed by atoms with Gasteiger partial charge in [0.2, 0.25) is 11.5 Å². The van der Waals surface area contributed by atoms with E-state index in [2.05, 4.69) is 25.7 Å². The third-order valence-electron chi connectivity index (χ3n) is 9.60. The molecule has 2 heterocycles. The fourth-order valence-electron chi connectivity index (χ4n) is 6.54. The summed E-state index contributed by atoms with van der Waals surface area (Å²) in [5.74, 6) is 0.657. The van der Waals surface area contributed by atoms with Crippen molar-refractivity contribution in [3.63, 3.8) is 0 Å². The van der Waals surface area contributed by atoms with Gasteiger partial charge in [-0.05, 0) is 78.5 Å². The van der Waals surface area contributed by atoms with Crippen LogP contribution in [-0.2, 0) is 26.8 Å². The topological polar surface area (TPSA) is 144 Å². The van der Waals surface area contributed by atoms with Crippen LogP contribution in [0.5, 0.6) is 5.75 Å². The van der Waals surface area contributed by atoms with E-state index in [1.807, 2.05) is 126 Å². The first kappa shape index (κ1) is 42.4. The summed E-state index contributed by atoms with van der Waals surface area (Å²) in [6.07, 6.45) is 4.56. The number of rotatable bonds is 16. The molecule has 1 aromatic heterocycles. The number of hydrogen-bond acceptors (Lipinski definition) is 9. The van der Waals surface area contributed by atoms with Gasteiger partial charge in [0, 0.05) is 30.9 Å². The monoisotopic (exact) mass is 801 g/mol. The van der Waals surface area contributed by atoms with E-state index in [9.17, 15) is 25.9 Å². The van der Waals surface area contributed by atoms with Gasteiger partial charge in [-0.25, -0.2) is 8.42 Å². The molecule has 0 radical (unpaired) electrons. The molecule has 0 bridgehead atoms. The van der Waals surface area contributed by atoms with E-state index in [0.717, 1.165) is 39.0 Å². The number of allylic oxidation sites excluding steroid dienone is 2. The molecule has 0 aliphatic carbocycles. The van der Waals surface area contributed by atoms with Gasteiger partial charge in [-0.1, -0.05) is 100 Å². The molecular formula is C43H51N3O8S2. The molecule has 0 fully saturated rings. The van der Waals surface area contributed by atoms with E-state index in [4.69, 9.17) is 9.15 Å².